The average Bonchev–Trinajstić information content (AvgIpc) is 3.20. The van der Waals surface area contributed by atoms with Crippen LogP contribution in [0.2, 0.25) is 0 Å². The summed E-state index contributed by atoms with van der Waals surface area (Å²) >= 11 is 0. The van der Waals surface area contributed by atoms with E-state index in [1.165, 1.54) is 0 Å². The van der Waals surface area contributed by atoms with Crippen molar-refractivity contribution in [2.24, 2.45) is 11.7 Å². The molecule has 0 aromatic heterocycles. The summed E-state index contributed by atoms with van der Waals surface area (Å²) in [6, 6.07) is 2.70. The van der Waals surface area contributed by atoms with Gasteiger partial charge in [0, 0.05) is 24.7 Å². The van der Waals surface area contributed by atoms with Crippen molar-refractivity contribution >= 4 is 11.6 Å². The number of benzene rings is 1. The van der Waals surface area contributed by atoms with Crippen molar-refractivity contribution in [2.75, 3.05) is 6.54 Å². The summed E-state index contributed by atoms with van der Waals surface area (Å²) in [6.45, 7) is 0.242. The van der Waals surface area contributed by atoms with Crippen molar-refractivity contribution in [3.63, 3.8) is 0 Å². The normalized spacial score (nSPS) is 15.9. The highest BCUT2D eigenvalue weighted by Gasteiger charge is 2.28. The van der Waals surface area contributed by atoms with E-state index in [9.17, 15) is 19.3 Å². The number of nitro benzene ring substituents is 1. The molecule has 0 radical (unpaired) electrons. The smallest absolute Gasteiger partial charge is 0.270 e. The van der Waals surface area contributed by atoms with Crippen LogP contribution in [0, 0.1) is 21.8 Å². The number of rotatable bonds is 5. The molecule has 102 valence electrons. The van der Waals surface area contributed by atoms with Gasteiger partial charge in [0.2, 0.25) is 0 Å². The van der Waals surface area contributed by atoms with Gasteiger partial charge in [0.05, 0.1) is 10.5 Å². The molecule has 1 fully saturated rings. The molecule has 19 heavy (non-hydrogen) atoms. The van der Waals surface area contributed by atoms with Gasteiger partial charge in [-0.3, -0.25) is 14.9 Å². The monoisotopic (exact) mass is 267 g/mol. The summed E-state index contributed by atoms with van der Waals surface area (Å²) in [4.78, 5) is 21.7. The second-order valence-electron chi connectivity index (χ2n) is 4.63. The minimum atomic E-state index is -0.789. The molecular formula is C12H14FN3O3. The number of carbonyl (C=O) groups is 1. The summed E-state index contributed by atoms with van der Waals surface area (Å²) in [5, 5.41) is 13.1. The molecule has 1 aromatic rings. The number of non-ortho nitro benzene ring substituents is 1. The Morgan fingerprint density at radius 3 is 2.84 bits per heavy atom. The van der Waals surface area contributed by atoms with E-state index in [4.69, 9.17) is 5.73 Å². The topological polar surface area (TPSA) is 98.3 Å². The SMILES string of the molecule is NC(CNC(=O)c1cc([N+](=O)[O-])ccc1F)C1CC1. The van der Waals surface area contributed by atoms with Crippen molar-refractivity contribution in [3.8, 4) is 0 Å². The lowest BCUT2D eigenvalue weighted by atomic mass is 10.1. The number of nitrogens with one attached hydrogen (secondary N) is 1. The summed E-state index contributed by atoms with van der Waals surface area (Å²) in [5.41, 5.74) is 5.15. The van der Waals surface area contributed by atoms with Gasteiger partial charge in [0.1, 0.15) is 5.82 Å². The maximum Gasteiger partial charge on any atom is 0.270 e. The molecule has 0 spiro atoms. The Hall–Kier alpha value is -2.02. The molecule has 1 aromatic carbocycles. The van der Waals surface area contributed by atoms with E-state index in [1.54, 1.807) is 0 Å². The van der Waals surface area contributed by atoms with E-state index in [0.717, 1.165) is 31.0 Å². The predicted octanol–water partition coefficient (Wildman–Crippen LogP) is 1.20. The molecular weight excluding hydrogens is 253 g/mol. The first-order valence-corrected chi connectivity index (χ1v) is 5.96. The highest BCUT2D eigenvalue weighted by Crippen LogP contribution is 2.31. The number of amides is 1. The van der Waals surface area contributed by atoms with E-state index >= 15 is 0 Å². The van der Waals surface area contributed by atoms with Gasteiger partial charge in [0.15, 0.2) is 0 Å². The molecule has 0 bridgehead atoms. The first-order chi connectivity index (χ1) is 8.99. The number of nitrogens with two attached hydrogens (primary N) is 1. The van der Waals surface area contributed by atoms with Gasteiger partial charge in [-0.05, 0) is 24.8 Å². The molecule has 0 heterocycles. The summed E-state index contributed by atoms with van der Waals surface area (Å²) in [5.74, 6) is -1.06. The lowest BCUT2D eigenvalue weighted by Gasteiger charge is -2.11. The van der Waals surface area contributed by atoms with Crippen LogP contribution >= 0.6 is 0 Å². The Kier molecular flexibility index (Phi) is 3.75. The Labute approximate surface area is 108 Å². The number of nitrogens with zero attached hydrogens (tertiary/aromatic N) is 1. The van der Waals surface area contributed by atoms with Crippen LogP contribution in [0.15, 0.2) is 18.2 Å². The van der Waals surface area contributed by atoms with Gasteiger partial charge < -0.3 is 11.1 Å². The van der Waals surface area contributed by atoms with Crippen molar-refractivity contribution in [1.82, 2.24) is 5.32 Å². The lowest BCUT2D eigenvalue weighted by Crippen LogP contribution is -2.38. The van der Waals surface area contributed by atoms with Crippen LogP contribution in [0.25, 0.3) is 0 Å². The fourth-order valence-electron chi connectivity index (χ4n) is 1.80. The predicted molar refractivity (Wildman–Crippen MR) is 66.1 cm³/mol. The largest absolute Gasteiger partial charge is 0.350 e. The summed E-state index contributed by atoms with van der Waals surface area (Å²) in [6.07, 6.45) is 2.09. The van der Waals surface area contributed by atoms with Crippen LogP contribution in [0.1, 0.15) is 23.2 Å². The minimum absolute atomic E-state index is 0.147. The van der Waals surface area contributed by atoms with Crippen molar-refractivity contribution < 1.29 is 14.1 Å². The number of carbonyl (C=O) groups excluding carboxylic acids is 1. The average molecular weight is 267 g/mol. The number of nitro groups is 1. The van der Waals surface area contributed by atoms with Gasteiger partial charge in [-0.1, -0.05) is 0 Å². The Balaban J connectivity index is 2.04. The second kappa shape index (κ2) is 5.31. The highest BCUT2D eigenvalue weighted by atomic mass is 19.1. The van der Waals surface area contributed by atoms with Crippen LogP contribution in [-0.2, 0) is 0 Å². The zero-order valence-corrected chi connectivity index (χ0v) is 10.1. The Morgan fingerprint density at radius 2 is 2.26 bits per heavy atom. The first kappa shape index (κ1) is 13.4. The molecule has 1 aliphatic rings. The third kappa shape index (κ3) is 3.25. The molecule has 1 amide bonds. The molecule has 1 aliphatic carbocycles. The first-order valence-electron chi connectivity index (χ1n) is 5.96. The molecule has 2 rings (SSSR count). The molecule has 3 N–H and O–H groups in total. The molecule has 0 saturated heterocycles. The molecule has 1 unspecified atom stereocenters. The second-order valence-corrected chi connectivity index (χ2v) is 4.63. The van der Waals surface area contributed by atoms with E-state index in [2.05, 4.69) is 5.32 Å². The maximum absolute atomic E-state index is 13.5. The van der Waals surface area contributed by atoms with Gasteiger partial charge in [0.25, 0.3) is 11.6 Å². The van der Waals surface area contributed by atoms with E-state index in [1.807, 2.05) is 0 Å². The number of halogens is 1. The standard InChI is InChI=1S/C12H14FN3O3/c13-10-4-3-8(16(18)19)5-9(10)12(17)15-6-11(14)7-1-2-7/h3-5,7,11H,1-2,6,14H2,(H,15,17). The Morgan fingerprint density at radius 1 is 1.58 bits per heavy atom. The summed E-state index contributed by atoms with van der Waals surface area (Å²) in [7, 11) is 0. The quantitative estimate of drug-likeness (QED) is 0.618. The van der Waals surface area contributed by atoms with E-state index in [-0.39, 0.29) is 23.8 Å². The molecule has 6 nitrogen and oxygen atoms in total. The van der Waals surface area contributed by atoms with Gasteiger partial charge in [-0.15, -0.1) is 0 Å². The van der Waals surface area contributed by atoms with E-state index in [0.29, 0.717) is 5.92 Å². The van der Waals surface area contributed by atoms with Crippen LogP contribution < -0.4 is 11.1 Å². The Bertz CT molecular complexity index is 517. The van der Waals surface area contributed by atoms with Crippen molar-refractivity contribution in [2.45, 2.75) is 18.9 Å². The van der Waals surface area contributed by atoms with Crippen LogP contribution in [-0.4, -0.2) is 23.4 Å². The van der Waals surface area contributed by atoms with E-state index < -0.39 is 16.6 Å². The molecule has 7 heteroatoms. The summed E-state index contributed by atoms with van der Waals surface area (Å²) < 4.78 is 13.5. The minimum Gasteiger partial charge on any atom is -0.350 e. The zero-order valence-electron chi connectivity index (χ0n) is 10.1. The third-order valence-electron chi connectivity index (χ3n) is 3.13. The van der Waals surface area contributed by atoms with Gasteiger partial charge in [-0.2, -0.15) is 0 Å². The maximum atomic E-state index is 13.5. The highest BCUT2D eigenvalue weighted by molar-refractivity contribution is 5.95. The molecule has 1 saturated carbocycles. The van der Waals surface area contributed by atoms with Crippen LogP contribution in [0.4, 0.5) is 10.1 Å². The van der Waals surface area contributed by atoms with Crippen LogP contribution in [0.5, 0.6) is 0 Å². The third-order valence-corrected chi connectivity index (χ3v) is 3.13. The molecule has 1 atom stereocenters. The fraction of sp³-hybridized carbons (Fsp3) is 0.417. The zero-order chi connectivity index (χ0) is 14.0. The van der Waals surface area contributed by atoms with Crippen molar-refractivity contribution in [1.29, 1.82) is 0 Å². The molecule has 0 aliphatic heterocycles. The number of hydrogen-bond acceptors (Lipinski definition) is 4. The van der Waals surface area contributed by atoms with Crippen LogP contribution in [0.3, 0.4) is 0 Å². The fourth-order valence-corrected chi connectivity index (χ4v) is 1.80. The lowest BCUT2D eigenvalue weighted by molar-refractivity contribution is -0.384. The number of hydrogen-bond donors (Lipinski definition) is 2. The van der Waals surface area contributed by atoms with Crippen molar-refractivity contribution in [3.05, 3.63) is 39.7 Å². The van der Waals surface area contributed by atoms with Gasteiger partial charge in [-0.25, -0.2) is 4.39 Å². The van der Waals surface area contributed by atoms with Gasteiger partial charge >= 0.3 is 0 Å².